The lowest BCUT2D eigenvalue weighted by atomic mass is 9.53. The Balaban J connectivity index is 2.34. The second-order valence-corrected chi connectivity index (χ2v) is 5.33. The van der Waals surface area contributed by atoms with Crippen LogP contribution < -0.4 is 4.74 Å². The Hall–Kier alpha value is -1.23. The van der Waals surface area contributed by atoms with Crippen molar-refractivity contribution >= 4 is 0 Å². The molecule has 0 aliphatic heterocycles. The standard InChI is InChI=1S/C15H19F3O2/c1-3-14(4-2)11(9-13(14)19)10-7-5-6-8-12(10)20-15(16,17)18/h5-8,11,13,19H,3-4,9H2,1-2H3. The summed E-state index contributed by atoms with van der Waals surface area (Å²) in [5.74, 6) is -0.241. The molecule has 0 bridgehead atoms. The topological polar surface area (TPSA) is 29.5 Å². The van der Waals surface area contributed by atoms with Crippen molar-refractivity contribution in [3.8, 4) is 5.75 Å². The smallest absolute Gasteiger partial charge is 0.405 e. The summed E-state index contributed by atoms with van der Waals surface area (Å²) >= 11 is 0. The molecule has 2 nitrogen and oxygen atoms in total. The van der Waals surface area contributed by atoms with Gasteiger partial charge in [-0.2, -0.15) is 0 Å². The SMILES string of the molecule is CCC1(CC)C(O)CC1c1ccccc1OC(F)(F)F. The molecule has 2 unspecified atom stereocenters. The number of benzene rings is 1. The van der Waals surface area contributed by atoms with Gasteiger partial charge in [0.15, 0.2) is 0 Å². The van der Waals surface area contributed by atoms with Crippen molar-refractivity contribution in [2.45, 2.75) is 51.5 Å². The van der Waals surface area contributed by atoms with E-state index in [1.165, 1.54) is 12.1 Å². The van der Waals surface area contributed by atoms with Gasteiger partial charge in [0.1, 0.15) is 5.75 Å². The first-order valence-electron chi connectivity index (χ1n) is 6.86. The molecule has 0 spiro atoms. The fourth-order valence-electron chi connectivity index (χ4n) is 3.40. The maximum Gasteiger partial charge on any atom is 0.573 e. The lowest BCUT2D eigenvalue weighted by molar-refractivity contribution is -0.275. The number of ether oxygens (including phenoxy) is 1. The normalized spacial score (nSPS) is 25.1. The fourth-order valence-corrected chi connectivity index (χ4v) is 3.40. The molecule has 1 aromatic carbocycles. The highest BCUT2D eigenvalue weighted by molar-refractivity contribution is 5.40. The second-order valence-electron chi connectivity index (χ2n) is 5.33. The van der Waals surface area contributed by atoms with Gasteiger partial charge in [0.05, 0.1) is 6.10 Å². The quantitative estimate of drug-likeness (QED) is 0.898. The van der Waals surface area contributed by atoms with E-state index in [0.29, 0.717) is 12.0 Å². The summed E-state index contributed by atoms with van der Waals surface area (Å²) in [5, 5.41) is 10.1. The molecule has 112 valence electrons. The number of hydrogen-bond acceptors (Lipinski definition) is 2. The number of alkyl halides is 3. The van der Waals surface area contributed by atoms with Crippen LogP contribution in [-0.4, -0.2) is 17.6 Å². The van der Waals surface area contributed by atoms with Crippen LogP contribution in [0.2, 0.25) is 0 Å². The van der Waals surface area contributed by atoms with Crippen molar-refractivity contribution in [2.24, 2.45) is 5.41 Å². The Morgan fingerprint density at radius 1 is 1.25 bits per heavy atom. The summed E-state index contributed by atoms with van der Waals surface area (Å²) < 4.78 is 41.5. The minimum absolute atomic E-state index is 0.0916. The van der Waals surface area contributed by atoms with Crippen LogP contribution in [0, 0.1) is 5.41 Å². The number of aliphatic hydroxyl groups excluding tert-OH is 1. The Morgan fingerprint density at radius 2 is 1.85 bits per heavy atom. The zero-order chi connectivity index (χ0) is 15.0. The average molecular weight is 288 g/mol. The first kappa shape index (κ1) is 15.2. The van der Waals surface area contributed by atoms with Crippen molar-refractivity contribution in [3.63, 3.8) is 0 Å². The molecule has 1 N–H and O–H groups in total. The molecule has 0 amide bonds. The van der Waals surface area contributed by atoms with Gasteiger partial charge in [-0.1, -0.05) is 32.0 Å². The third-order valence-corrected chi connectivity index (χ3v) is 4.65. The highest BCUT2D eigenvalue weighted by Crippen LogP contribution is 2.58. The van der Waals surface area contributed by atoms with Gasteiger partial charge in [-0.25, -0.2) is 0 Å². The molecule has 2 atom stereocenters. The van der Waals surface area contributed by atoms with Gasteiger partial charge in [-0.05, 0) is 36.8 Å². The fraction of sp³-hybridized carbons (Fsp3) is 0.600. The summed E-state index contributed by atoms with van der Waals surface area (Å²) in [5.41, 5.74) is 0.198. The summed E-state index contributed by atoms with van der Waals surface area (Å²) in [6.07, 6.45) is -3.20. The Morgan fingerprint density at radius 3 is 2.35 bits per heavy atom. The maximum absolute atomic E-state index is 12.5. The molecule has 5 heteroatoms. The van der Waals surface area contributed by atoms with E-state index in [0.717, 1.165) is 12.8 Å². The molecular formula is C15H19F3O2. The van der Waals surface area contributed by atoms with Crippen LogP contribution in [0.25, 0.3) is 0 Å². The van der Waals surface area contributed by atoms with Crippen LogP contribution in [0.3, 0.4) is 0 Å². The minimum atomic E-state index is -4.69. The van der Waals surface area contributed by atoms with Gasteiger partial charge in [0, 0.05) is 5.41 Å². The third-order valence-electron chi connectivity index (χ3n) is 4.65. The van der Waals surface area contributed by atoms with E-state index in [2.05, 4.69) is 4.74 Å². The van der Waals surface area contributed by atoms with Crippen molar-refractivity contribution in [3.05, 3.63) is 29.8 Å². The van der Waals surface area contributed by atoms with Crippen molar-refractivity contribution in [2.75, 3.05) is 0 Å². The zero-order valence-electron chi connectivity index (χ0n) is 11.6. The molecule has 1 aliphatic carbocycles. The Labute approximate surface area is 116 Å². The number of para-hydroxylation sites is 1. The predicted octanol–water partition coefficient (Wildman–Crippen LogP) is 4.24. The van der Waals surface area contributed by atoms with Crippen molar-refractivity contribution < 1.29 is 23.0 Å². The van der Waals surface area contributed by atoms with E-state index in [1.54, 1.807) is 12.1 Å². The Kier molecular flexibility index (Phi) is 4.00. The summed E-state index contributed by atoms with van der Waals surface area (Å²) in [4.78, 5) is 0. The van der Waals surface area contributed by atoms with Crippen LogP contribution >= 0.6 is 0 Å². The summed E-state index contributed by atoms with van der Waals surface area (Å²) in [6.45, 7) is 3.93. The van der Waals surface area contributed by atoms with Gasteiger partial charge in [-0.3, -0.25) is 0 Å². The number of aliphatic hydroxyl groups is 1. The van der Waals surface area contributed by atoms with E-state index in [-0.39, 0.29) is 17.1 Å². The van der Waals surface area contributed by atoms with Crippen LogP contribution in [0.4, 0.5) is 13.2 Å². The highest BCUT2D eigenvalue weighted by atomic mass is 19.4. The van der Waals surface area contributed by atoms with Crippen LogP contribution in [-0.2, 0) is 0 Å². The van der Waals surface area contributed by atoms with Crippen LogP contribution in [0.15, 0.2) is 24.3 Å². The number of rotatable bonds is 4. The zero-order valence-corrected chi connectivity index (χ0v) is 11.6. The van der Waals surface area contributed by atoms with E-state index in [9.17, 15) is 18.3 Å². The number of halogens is 3. The molecule has 0 saturated heterocycles. The second kappa shape index (κ2) is 5.28. The largest absolute Gasteiger partial charge is 0.573 e. The Bertz CT molecular complexity index is 466. The first-order valence-corrected chi connectivity index (χ1v) is 6.86. The van der Waals surface area contributed by atoms with Gasteiger partial charge in [-0.15, -0.1) is 13.2 Å². The lowest BCUT2D eigenvalue weighted by Crippen LogP contribution is -2.51. The maximum atomic E-state index is 12.5. The molecule has 1 aromatic rings. The molecule has 1 aliphatic rings. The molecule has 1 fully saturated rings. The molecule has 20 heavy (non-hydrogen) atoms. The van der Waals surface area contributed by atoms with E-state index in [1.807, 2.05) is 13.8 Å². The van der Waals surface area contributed by atoms with Crippen LogP contribution in [0.1, 0.15) is 44.6 Å². The monoisotopic (exact) mass is 288 g/mol. The van der Waals surface area contributed by atoms with Crippen molar-refractivity contribution in [1.29, 1.82) is 0 Å². The molecule has 0 aromatic heterocycles. The average Bonchev–Trinajstić information content (AvgIpc) is 2.37. The van der Waals surface area contributed by atoms with Crippen molar-refractivity contribution in [1.82, 2.24) is 0 Å². The summed E-state index contributed by atoms with van der Waals surface area (Å²) in [7, 11) is 0. The van der Waals surface area contributed by atoms with Gasteiger partial charge in [0.2, 0.25) is 0 Å². The summed E-state index contributed by atoms with van der Waals surface area (Å²) in [6, 6.07) is 6.24. The van der Waals surface area contributed by atoms with E-state index in [4.69, 9.17) is 0 Å². The molecule has 2 rings (SSSR count). The predicted molar refractivity (Wildman–Crippen MR) is 69.5 cm³/mol. The van der Waals surface area contributed by atoms with Gasteiger partial charge >= 0.3 is 6.36 Å². The molecule has 0 radical (unpaired) electrons. The molecular weight excluding hydrogens is 269 g/mol. The van der Waals surface area contributed by atoms with E-state index >= 15 is 0 Å². The van der Waals surface area contributed by atoms with Gasteiger partial charge in [0.25, 0.3) is 0 Å². The molecule has 0 heterocycles. The third kappa shape index (κ3) is 2.51. The molecule has 1 saturated carbocycles. The van der Waals surface area contributed by atoms with Crippen LogP contribution in [0.5, 0.6) is 5.75 Å². The lowest BCUT2D eigenvalue weighted by Gasteiger charge is -2.54. The van der Waals surface area contributed by atoms with E-state index < -0.39 is 12.5 Å². The minimum Gasteiger partial charge on any atom is -0.405 e. The first-order chi connectivity index (χ1) is 9.34. The number of hydrogen-bond donors (Lipinski definition) is 1. The van der Waals surface area contributed by atoms with Gasteiger partial charge < -0.3 is 9.84 Å². The highest BCUT2D eigenvalue weighted by Gasteiger charge is 2.53.